The molecule has 4 N–H and O–H groups in total. The van der Waals surface area contributed by atoms with Crippen molar-refractivity contribution < 1.29 is 38.1 Å². The number of amides is 2. The van der Waals surface area contributed by atoms with Crippen LogP contribution >= 0.6 is 23.2 Å². The van der Waals surface area contributed by atoms with E-state index in [9.17, 15) is 19.5 Å². The van der Waals surface area contributed by atoms with E-state index in [4.69, 9.17) is 47.4 Å². The highest BCUT2D eigenvalue weighted by atomic mass is 35.5. The molecule has 11 rings (SSSR count). The number of Topliss-reactive ketones (excluding diaryl/α,β-unsaturated/α-hetero) is 1. The summed E-state index contributed by atoms with van der Waals surface area (Å²) in [5.74, 6) is -1.14. The second-order valence-corrected chi connectivity index (χ2v) is 21.4. The number of hydrogen-bond donors (Lipinski definition) is 4. The van der Waals surface area contributed by atoms with E-state index in [-0.39, 0.29) is 56.0 Å². The quantitative estimate of drug-likeness (QED) is 0.0597. The van der Waals surface area contributed by atoms with E-state index in [1.54, 1.807) is 50.8 Å². The topological polar surface area (TPSA) is 228 Å². The van der Waals surface area contributed by atoms with Crippen LogP contribution in [-0.4, -0.2) is 132 Å². The number of aromatic nitrogens is 8. The molecule has 3 aliphatic heterocycles. The lowest BCUT2D eigenvalue weighted by Crippen LogP contribution is -2.50. The third-order valence-corrected chi connectivity index (χ3v) is 15.8. The van der Waals surface area contributed by atoms with Gasteiger partial charge in [0.25, 0.3) is 0 Å². The Labute approximate surface area is 463 Å². The first kappa shape index (κ1) is 53.4. The summed E-state index contributed by atoms with van der Waals surface area (Å²) in [6.45, 7) is 8.34. The first-order valence-corrected chi connectivity index (χ1v) is 26.8. The average molecular weight is 1110 g/mol. The molecule has 3 saturated heterocycles. The number of H-pyrrole nitrogens is 1. The molecule has 0 aliphatic carbocycles. The van der Waals surface area contributed by atoms with Crippen molar-refractivity contribution in [2.45, 2.75) is 83.5 Å². The summed E-state index contributed by atoms with van der Waals surface area (Å²) in [5, 5.41) is 34.8. The van der Waals surface area contributed by atoms with Crippen LogP contribution in [0.2, 0.25) is 10.2 Å². The Kier molecular flexibility index (Phi) is 15.0. The zero-order valence-corrected chi connectivity index (χ0v) is 45.4. The van der Waals surface area contributed by atoms with Crippen LogP contribution in [0.25, 0.3) is 55.3 Å². The summed E-state index contributed by atoms with van der Waals surface area (Å²) >= 11 is 13.7. The number of rotatable bonds is 18. The highest BCUT2D eigenvalue weighted by molar-refractivity contribution is 6.36. The van der Waals surface area contributed by atoms with Crippen LogP contribution in [0.5, 0.6) is 11.8 Å². The maximum absolute atomic E-state index is 15.8. The van der Waals surface area contributed by atoms with Crippen LogP contribution < -0.4 is 25.0 Å². The lowest BCUT2D eigenvalue weighted by Gasteiger charge is -2.30. The summed E-state index contributed by atoms with van der Waals surface area (Å²) in [6, 6.07) is 19.3. The molecule has 0 radical (unpaired) electrons. The van der Waals surface area contributed by atoms with Crippen molar-refractivity contribution >= 4 is 68.4 Å². The Morgan fingerprint density at radius 2 is 1.77 bits per heavy atom. The molecule has 8 aromatic rings. The third kappa shape index (κ3) is 10.5. The number of carbonyl (C=O) groups excluding carboxylic acids is 3. The van der Waals surface area contributed by atoms with Gasteiger partial charge in [-0.1, -0.05) is 90.8 Å². The van der Waals surface area contributed by atoms with Gasteiger partial charge in [-0.3, -0.25) is 19.5 Å². The lowest BCUT2D eigenvalue weighted by molar-refractivity contribution is -0.143. The molecule has 2 amide bonds. The number of ketones is 1. The number of fused-ring (bicyclic) bond motifs is 4. The molecule has 3 fully saturated rings. The van der Waals surface area contributed by atoms with Gasteiger partial charge in [-0.25, -0.2) is 14.1 Å². The van der Waals surface area contributed by atoms with E-state index in [0.29, 0.717) is 83.1 Å². The molecular formula is C57H57Cl2FN12O7. The smallest absolute Gasteiger partial charge is 0.319 e. The standard InChI is InChI=1S/C57H57Cl2FN12O7/c1-29(2)51(56(76)71-24-38(74)18-47(71)55(75)64-46(26-73)35-14-12-33(13-15-35)39-7-6-16-61-53(39)59)72-25-45(68-69-72)34-10-8-32(9-11-34)28-78-52-49(48-31(4)43(60)20-44-41(48)22-63-67-44)42(58)19-40-50(52)65-57(79-27-30(3)77-5)66-54(40)70-23-36-17-37(70)21-62-36/h6-16,19-20,22,25,29-30,36-37,46-47,51,62,73H,17-18,21,23-24,26-28H2,1-5H3,(H,63,67)(H,64,75)/t30-,36-,37-,46-,47-,51-/m0/s1. The number of hydrogen-bond acceptors (Lipinski definition) is 15. The fourth-order valence-corrected chi connectivity index (χ4v) is 11.4. The number of nitrogens with zero attached hydrogens (tertiary/aromatic N) is 9. The molecule has 79 heavy (non-hydrogen) atoms. The van der Waals surface area contributed by atoms with Crippen LogP contribution in [0.1, 0.15) is 62.4 Å². The molecule has 408 valence electrons. The molecule has 19 nitrogen and oxygen atoms in total. The Morgan fingerprint density at radius 3 is 2.48 bits per heavy atom. The Hall–Kier alpha value is -7.62. The summed E-state index contributed by atoms with van der Waals surface area (Å²) in [6.07, 6.45) is 5.43. The van der Waals surface area contributed by atoms with Gasteiger partial charge in [0.2, 0.25) is 11.8 Å². The minimum Gasteiger partial charge on any atom is -0.486 e. The number of carbonyl (C=O) groups is 3. The van der Waals surface area contributed by atoms with Crippen molar-refractivity contribution in [1.82, 2.24) is 55.7 Å². The van der Waals surface area contributed by atoms with Crippen LogP contribution in [0.3, 0.4) is 0 Å². The number of aromatic amines is 1. The number of piperazine rings is 1. The molecule has 22 heteroatoms. The number of likely N-dealkylation sites (tertiary alicyclic amines) is 1. The number of nitrogens with one attached hydrogen (secondary N) is 3. The number of anilines is 1. The number of aliphatic hydroxyl groups is 1. The fraction of sp³-hybridized carbons (Fsp3) is 0.351. The van der Waals surface area contributed by atoms with Crippen molar-refractivity contribution in [2.75, 3.05) is 44.9 Å². The number of methoxy groups -OCH3 is 1. The second-order valence-electron chi connectivity index (χ2n) is 20.7. The van der Waals surface area contributed by atoms with Gasteiger partial charge in [-0.15, -0.1) is 5.10 Å². The van der Waals surface area contributed by atoms with E-state index in [2.05, 4.69) is 41.0 Å². The molecule has 2 bridgehead atoms. The summed E-state index contributed by atoms with van der Waals surface area (Å²) in [4.78, 5) is 59.1. The van der Waals surface area contributed by atoms with Gasteiger partial charge in [-0.2, -0.15) is 15.1 Å². The van der Waals surface area contributed by atoms with E-state index in [1.165, 1.54) is 15.6 Å². The van der Waals surface area contributed by atoms with Gasteiger partial charge >= 0.3 is 6.01 Å². The largest absolute Gasteiger partial charge is 0.486 e. The normalized spacial score (nSPS) is 18.3. The maximum Gasteiger partial charge on any atom is 0.319 e. The first-order valence-electron chi connectivity index (χ1n) is 26.1. The van der Waals surface area contributed by atoms with Crippen molar-refractivity contribution in [3.05, 3.63) is 124 Å². The van der Waals surface area contributed by atoms with Gasteiger partial charge in [-0.05, 0) is 72.7 Å². The highest BCUT2D eigenvalue weighted by Gasteiger charge is 2.44. The lowest BCUT2D eigenvalue weighted by atomic mass is 9.94. The van der Waals surface area contributed by atoms with Gasteiger partial charge in [0, 0.05) is 77.9 Å². The number of ether oxygens (including phenoxy) is 3. The summed E-state index contributed by atoms with van der Waals surface area (Å²) in [5.41, 5.74) is 6.26. The minimum atomic E-state index is -1.11. The van der Waals surface area contributed by atoms with Crippen LogP contribution in [0, 0.1) is 18.7 Å². The minimum absolute atomic E-state index is 0.0347. The van der Waals surface area contributed by atoms with E-state index in [1.807, 2.05) is 69.3 Å². The fourth-order valence-electron chi connectivity index (χ4n) is 10.9. The maximum atomic E-state index is 15.8. The Bertz CT molecular complexity index is 3620. The zero-order chi connectivity index (χ0) is 55.2. The first-order chi connectivity index (χ1) is 38.2. The number of benzene rings is 4. The summed E-state index contributed by atoms with van der Waals surface area (Å²) in [7, 11) is 1.61. The molecule has 0 unspecified atom stereocenters. The van der Waals surface area contributed by atoms with Crippen molar-refractivity contribution in [1.29, 1.82) is 0 Å². The van der Waals surface area contributed by atoms with Crippen molar-refractivity contribution in [3.63, 3.8) is 0 Å². The monoisotopic (exact) mass is 1110 g/mol. The van der Waals surface area contributed by atoms with Gasteiger partial charge in [0.15, 0.2) is 11.5 Å². The molecule has 3 aliphatic rings. The van der Waals surface area contributed by atoms with E-state index < -0.39 is 42.4 Å². The van der Waals surface area contributed by atoms with Crippen molar-refractivity contribution in [3.8, 4) is 45.3 Å². The van der Waals surface area contributed by atoms with Gasteiger partial charge in [0.1, 0.15) is 53.3 Å². The number of halogens is 3. The predicted molar refractivity (Wildman–Crippen MR) is 295 cm³/mol. The Morgan fingerprint density at radius 1 is 0.987 bits per heavy atom. The van der Waals surface area contributed by atoms with E-state index >= 15 is 4.39 Å². The predicted octanol–water partition coefficient (Wildman–Crippen LogP) is 8.01. The summed E-state index contributed by atoms with van der Waals surface area (Å²) < 4.78 is 35.9. The average Bonchev–Trinajstić information content (AvgIpc) is 4.47. The molecule has 0 saturated carbocycles. The highest BCUT2D eigenvalue weighted by Crippen LogP contribution is 2.49. The van der Waals surface area contributed by atoms with Gasteiger partial charge in [0.05, 0.1) is 48.2 Å². The third-order valence-electron chi connectivity index (χ3n) is 15.2. The zero-order valence-electron chi connectivity index (χ0n) is 43.9. The molecule has 4 aromatic carbocycles. The van der Waals surface area contributed by atoms with Crippen molar-refractivity contribution in [2.24, 2.45) is 5.92 Å². The molecule has 4 aromatic heterocycles. The molecule has 0 spiro atoms. The Balaban J connectivity index is 0.853. The van der Waals surface area contributed by atoms with Gasteiger partial charge < -0.3 is 39.8 Å². The second kappa shape index (κ2) is 22.3. The van der Waals surface area contributed by atoms with E-state index in [0.717, 1.165) is 36.2 Å². The molecule has 6 atom stereocenters. The SMILES string of the molecule is CO[C@@H](C)COc1nc(N2C[C@@H]3C[C@H]2CN3)c2cc(Cl)c(-c3c(C)c(F)cc4[nH]ncc34)c(OCc3ccc(-c4cn([C@H](C(=O)N5CC(=O)C[C@H]5C(=O)N[C@@H](CO)c5ccc(-c6cccnc6Cl)cc5)C(C)C)nn4)cc3)c2n1. The molecule has 7 heterocycles. The van der Waals surface area contributed by atoms with Crippen LogP contribution in [0.15, 0.2) is 91.4 Å². The number of aliphatic hydroxyl groups excluding tert-OH is 1. The van der Waals surface area contributed by atoms with Crippen LogP contribution in [-0.2, 0) is 25.7 Å². The molecular weight excluding hydrogens is 1050 g/mol. The number of pyridine rings is 1. The van der Waals surface area contributed by atoms with Crippen LogP contribution in [0.4, 0.5) is 10.2 Å².